The molecule has 0 fully saturated rings. The van der Waals surface area contributed by atoms with Crippen molar-refractivity contribution in [1.29, 1.82) is 0 Å². The van der Waals surface area contributed by atoms with Crippen LogP contribution in [0.1, 0.15) is 13.8 Å². The second kappa shape index (κ2) is 8.14. The van der Waals surface area contributed by atoms with Gasteiger partial charge in [-0.15, -0.1) is 4.73 Å². The first-order chi connectivity index (χ1) is 13.0. The molecule has 2 aromatic carbocycles. The summed E-state index contributed by atoms with van der Waals surface area (Å²) in [5, 5.41) is 14.3. The van der Waals surface area contributed by atoms with E-state index >= 15 is 0 Å². The molecule has 0 aliphatic heterocycles. The number of carbonyl (C=O) groups excluding carboxylic acids is 1. The number of carbonyl (C=O) groups is 1. The summed E-state index contributed by atoms with van der Waals surface area (Å²) in [6.07, 6.45) is 0.697. The van der Waals surface area contributed by atoms with Crippen LogP contribution in [0.3, 0.4) is 0 Å². The van der Waals surface area contributed by atoms with Gasteiger partial charge in [0.15, 0.2) is 12.3 Å². The van der Waals surface area contributed by atoms with Crippen molar-refractivity contribution in [3.05, 3.63) is 65.0 Å². The molecule has 6 nitrogen and oxygen atoms in total. The summed E-state index contributed by atoms with van der Waals surface area (Å²) in [5.74, 6) is 0.662. The quantitative estimate of drug-likeness (QED) is 0.359. The summed E-state index contributed by atoms with van der Waals surface area (Å²) in [7, 11) is 0. The number of esters is 1. The number of rotatable bonds is 6. The van der Waals surface area contributed by atoms with Crippen LogP contribution in [0.4, 0.5) is 0 Å². The first-order valence-electron chi connectivity index (χ1n) is 8.40. The third kappa shape index (κ3) is 4.60. The van der Waals surface area contributed by atoms with Crippen molar-refractivity contribution >= 4 is 28.3 Å². The second-order valence-electron chi connectivity index (χ2n) is 5.80. The van der Waals surface area contributed by atoms with Gasteiger partial charge in [-0.2, -0.15) is 0 Å². The molecule has 3 aromatic rings. The Labute approximate surface area is 161 Å². The van der Waals surface area contributed by atoms with E-state index in [1.807, 2.05) is 6.07 Å². The van der Waals surface area contributed by atoms with Crippen LogP contribution in [0, 0.1) is 5.21 Å². The van der Waals surface area contributed by atoms with Crippen LogP contribution in [0.5, 0.6) is 17.4 Å². The minimum Gasteiger partial charge on any atom is -0.616 e. The molecule has 0 bridgehead atoms. The summed E-state index contributed by atoms with van der Waals surface area (Å²) in [5.41, 5.74) is 0. The van der Waals surface area contributed by atoms with Gasteiger partial charge in [0.05, 0.1) is 12.7 Å². The summed E-state index contributed by atoms with van der Waals surface area (Å²) >= 11 is 5.95. The number of hydrogen-bond donors (Lipinski definition) is 0. The van der Waals surface area contributed by atoms with Crippen LogP contribution in [0.2, 0.25) is 5.02 Å². The van der Waals surface area contributed by atoms with Gasteiger partial charge in [-0.3, -0.25) is 0 Å². The maximum Gasteiger partial charge on any atom is 0.385 e. The fourth-order valence-corrected chi connectivity index (χ4v) is 2.65. The third-order valence-electron chi connectivity index (χ3n) is 3.78. The van der Waals surface area contributed by atoms with E-state index in [0.717, 1.165) is 10.8 Å². The predicted molar refractivity (Wildman–Crippen MR) is 101 cm³/mol. The Balaban J connectivity index is 1.73. The minimum absolute atomic E-state index is 0.137. The average Bonchev–Trinajstić information content (AvgIpc) is 2.64. The Bertz CT molecular complexity index is 958. The van der Waals surface area contributed by atoms with Crippen molar-refractivity contribution in [3.63, 3.8) is 0 Å². The molecule has 0 amide bonds. The van der Waals surface area contributed by atoms with E-state index in [4.69, 9.17) is 25.8 Å². The molecule has 27 heavy (non-hydrogen) atoms. The lowest BCUT2D eigenvalue weighted by Gasteiger charge is -2.13. The zero-order valence-corrected chi connectivity index (χ0v) is 15.6. The van der Waals surface area contributed by atoms with Gasteiger partial charge < -0.3 is 19.4 Å². The first-order valence-corrected chi connectivity index (χ1v) is 8.77. The Hall–Kier alpha value is -2.99. The van der Waals surface area contributed by atoms with Crippen LogP contribution in [0.25, 0.3) is 10.8 Å². The van der Waals surface area contributed by atoms with Gasteiger partial charge in [0.1, 0.15) is 11.5 Å². The topological polar surface area (TPSA) is 71.7 Å². The molecular weight excluding hydrogens is 370 g/mol. The number of aromatic nitrogens is 1. The van der Waals surface area contributed by atoms with Gasteiger partial charge in [0.2, 0.25) is 0 Å². The lowest BCUT2D eigenvalue weighted by atomic mass is 10.2. The van der Waals surface area contributed by atoms with Crippen LogP contribution in [0.15, 0.2) is 54.7 Å². The Morgan fingerprint density at radius 1 is 1.11 bits per heavy atom. The standard InChI is InChI=1S/C20H18ClNO5/c1-3-25-20(23)13(2)26-17-6-8-18(9-7-17)27-19-11-14-4-5-16(21)10-15(14)12-22(19)24/h4-13H,3H2,1-2H3. The van der Waals surface area contributed by atoms with Gasteiger partial charge in [0.25, 0.3) is 0 Å². The number of ether oxygens (including phenoxy) is 3. The van der Waals surface area contributed by atoms with E-state index in [9.17, 15) is 10.0 Å². The highest BCUT2D eigenvalue weighted by molar-refractivity contribution is 6.31. The SMILES string of the molecule is CCOC(=O)C(C)Oc1ccc(Oc2cc3ccc(Cl)cc3c[n+]2[O-])cc1. The Morgan fingerprint density at radius 3 is 2.52 bits per heavy atom. The number of halogens is 1. The van der Waals surface area contributed by atoms with Gasteiger partial charge >= 0.3 is 11.8 Å². The van der Waals surface area contributed by atoms with Crippen LogP contribution in [-0.4, -0.2) is 18.7 Å². The number of benzene rings is 2. The Kier molecular flexibility index (Phi) is 5.66. The molecule has 1 heterocycles. The molecule has 0 aliphatic carbocycles. The van der Waals surface area contributed by atoms with E-state index in [-0.39, 0.29) is 5.88 Å². The van der Waals surface area contributed by atoms with E-state index in [0.29, 0.717) is 27.9 Å². The number of pyridine rings is 1. The highest BCUT2D eigenvalue weighted by Crippen LogP contribution is 2.26. The van der Waals surface area contributed by atoms with Crippen LogP contribution in [-0.2, 0) is 9.53 Å². The molecule has 1 atom stereocenters. The molecule has 1 aromatic heterocycles. The largest absolute Gasteiger partial charge is 0.616 e. The van der Waals surface area contributed by atoms with Crippen molar-refractivity contribution in [2.45, 2.75) is 20.0 Å². The number of nitrogens with zero attached hydrogens (tertiary/aromatic N) is 1. The van der Waals surface area contributed by atoms with Gasteiger partial charge in [-0.1, -0.05) is 17.7 Å². The van der Waals surface area contributed by atoms with Crippen molar-refractivity contribution in [3.8, 4) is 17.4 Å². The zero-order chi connectivity index (χ0) is 19.4. The van der Waals surface area contributed by atoms with E-state index in [2.05, 4.69) is 0 Å². The molecule has 0 saturated heterocycles. The molecule has 140 valence electrons. The minimum atomic E-state index is -0.715. The zero-order valence-electron chi connectivity index (χ0n) is 14.8. The molecule has 0 spiro atoms. The summed E-state index contributed by atoms with van der Waals surface area (Å²) in [6.45, 7) is 3.65. The summed E-state index contributed by atoms with van der Waals surface area (Å²) in [4.78, 5) is 11.6. The smallest absolute Gasteiger partial charge is 0.385 e. The third-order valence-corrected chi connectivity index (χ3v) is 4.01. The van der Waals surface area contributed by atoms with E-state index < -0.39 is 12.1 Å². The molecular formula is C20H18ClNO5. The van der Waals surface area contributed by atoms with Gasteiger partial charge in [-0.25, -0.2) is 4.79 Å². The summed E-state index contributed by atoms with van der Waals surface area (Å²) in [6, 6.07) is 13.5. The summed E-state index contributed by atoms with van der Waals surface area (Å²) < 4.78 is 16.7. The lowest BCUT2D eigenvalue weighted by Crippen LogP contribution is -2.27. The highest BCUT2D eigenvalue weighted by atomic mass is 35.5. The van der Waals surface area contributed by atoms with Crippen LogP contribution < -0.4 is 14.2 Å². The average molecular weight is 388 g/mol. The molecule has 7 heteroatoms. The van der Waals surface area contributed by atoms with Crippen LogP contribution >= 0.6 is 11.6 Å². The molecule has 1 unspecified atom stereocenters. The first kappa shape index (κ1) is 18.8. The van der Waals surface area contributed by atoms with Gasteiger partial charge in [0, 0.05) is 10.4 Å². The van der Waals surface area contributed by atoms with Gasteiger partial charge in [-0.05, 0) is 55.6 Å². The highest BCUT2D eigenvalue weighted by Gasteiger charge is 2.16. The monoisotopic (exact) mass is 387 g/mol. The van der Waals surface area contributed by atoms with E-state index in [1.165, 1.54) is 6.20 Å². The lowest BCUT2D eigenvalue weighted by molar-refractivity contribution is -0.609. The fraction of sp³-hybridized carbons (Fsp3) is 0.200. The van der Waals surface area contributed by atoms with Crippen molar-refractivity contribution in [2.75, 3.05) is 6.61 Å². The molecule has 0 aliphatic rings. The van der Waals surface area contributed by atoms with E-state index in [1.54, 1.807) is 56.3 Å². The molecule has 0 saturated carbocycles. The predicted octanol–water partition coefficient (Wildman–Crippen LogP) is 4.25. The van der Waals surface area contributed by atoms with Crippen molar-refractivity contribution < 1.29 is 23.7 Å². The maximum absolute atomic E-state index is 12.2. The maximum atomic E-state index is 12.2. The van der Waals surface area contributed by atoms with Crippen molar-refractivity contribution in [1.82, 2.24) is 0 Å². The van der Waals surface area contributed by atoms with Crippen molar-refractivity contribution in [2.24, 2.45) is 0 Å². The normalized spacial score (nSPS) is 11.8. The molecule has 0 N–H and O–H groups in total. The fourth-order valence-electron chi connectivity index (χ4n) is 2.47. The molecule has 0 radical (unpaired) electrons. The Morgan fingerprint density at radius 2 is 1.81 bits per heavy atom. The number of hydrogen-bond acceptors (Lipinski definition) is 5. The molecule has 3 rings (SSSR count). The number of fused-ring (bicyclic) bond motifs is 1. The second-order valence-corrected chi connectivity index (χ2v) is 6.23.